The number of benzene rings is 1. The Bertz CT molecular complexity index is 572. The van der Waals surface area contributed by atoms with Crippen molar-refractivity contribution in [3.63, 3.8) is 0 Å². The molecule has 126 valence electrons. The zero-order chi connectivity index (χ0) is 17.0. The number of urea groups is 1. The first-order valence-corrected chi connectivity index (χ1v) is 7.87. The maximum Gasteiger partial charge on any atom is 0.325 e. The van der Waals surface area contributed by atoms with Crippen LogP contribution >= 0.6 is 0 Å². The van der Waals surface area contributed by atoms with Crippen molar-refractivity contribution in [3.05, 3.63) is 29.8 Å². The number of imide groups is 1. The molecular formula is C17H24N2O4. The van der Waals surface area contributed by atoms with Gasteiger partial charge in [-0.25, -0.2) is 4.79 Å². The van der Waals surface area contributed by atoms with Crippen molar-refractivity contribution in [1.82, 2.24) is 10.2 Å². The lowest BCUT2D eigenvalue weighted by Gasteiger charge is -2.22. The summed E-state index contributed by atoms with van der Waals surface area (Å²) in [6.07, 6.45) is 0.425. The van der Waals surface area contributed by atoms with Crippen molar-refractivity contribution in [2.75, 3.05) is 13.2 Å². The van der Waals surface area contributed by atoms with Crippen LogP contribution < -0.4 is 10.1 Å². The molecule has 6 heteroatoms. The third-order valence-corrected chi connectivity index (χ3v) is 3.95. The number of carbonyl (C=O) groups excluding carboxylic acids is 2. The van der Waals surface area contributed by atoms with Gasteiger partial charge in [0, 0.05) is 0 Å². The Morgan fingerprint density at radius 2 is 1.96 bits per heavy atom. The van der Waals surface area contributed by atoms with Gasteiger partial charge in [0.15, 0.2) is 0 Å². The standard InChI is InChI=1S/C17H24N2O4/c1-4-9-17(3)15(21)19(16(22)18-17)10-13(20)11-23-14-7-5-12(2)6-8-14/h5-8,13,20H,4,9-11H2,1-3H3,(H,18,22)/t13-,17+/m1/s1. The fraction of sp³-hybridized carbons (Fsp3) is 0.529. The number of nitrogens with zero attached hydrogens (tertiary/aromatic N) is 1. The van der Waals surface area contributed by atoms with Crippen molar-refractivity contribution < 1.29 is 19.4 Å². The molecule has 1 fully saturated rings. The lowest BCUT2D eigenvalue weighted by atomic mass is 9.96. The summed E-state index contributed by atoms with van der Waals surface area (Å²) in [7, 11) is 0. The van der Waals surface area contributed by atoms with Crippen molar-refractivity contribution in [1.29, 1.82) is 0 Å². The van der Waals surface area contributed by atoms with Crippen LogP contribution in [0.1, 0.15) is 32.3 Å². The predicted octanol–water partition coefficient (Wildman–Crippen LogP) is 1.85. The smallest absolute Gasteiger partial charge is 0.325 e. The van der Waals surface area contributed by atoms with Gasteiger partial charge < -0.3 is 15.2 Å². The summed E-state index contributed by atoms with van der Waals surface area (Å²) in [6.45, 7) is 5.59. The lowest BCUT2D eigenvalue weighted by Crippen LogP contribution is -2.44. The maximum atomic E-state index is 12.4. The highest BCUT2D eigenvalue weighted by Crippen LogP contribution is 2.22. The molecule has 1 saturated heterocycles. The van der Waals surface area contributed by atoms with E-state index in [1.54, 1.807) is 6.92 Å². The molecule has 1 aliphatic heterocycles. The molecule has 1 aromatic carbocycles. The summed E-state index contributed by atoms with van der Waals surface area (Å²) >= 11 is 0. The van der Waals surface area contributed by atoms with Crippen LogP contribution in [-0.4, -0.2) is 46.7 Å². The Hall–Kier alpha value is -2.08. The van der Waals surface area contributed by atoms with Crippen molar-refractivity contribution in [2.45, 2.75) is 45.3 Å². The largest absolute Gasteiger partial charge is 0.491 e. The first-order valence-electron chi connectivity index (χ1n) is 7.87. The molecule has 23 heavy (non-hydrogen) atoms. The quantitative estimate of drug-likeness (QED) is 0.752. The second-order valence-corrected chi connectivity index (χ2v) is 6.21. The van der Waals surface area contributed by atoms with Crippen LogP contribution in [0.4, 0.5) is 4.79 Å². The number of ether oxygens (including phenoxy) is 1. The Labute approximate surface area is 136 Å². The summed E-state index contributed by atoms with van der Waals surface area (Å²) in [5.74, 6) is 0.349. The van der Waals surface area contributed by atoms with Crippen LogP contribution in [0, 0.1) is 6.92 Å². The van der Waals surface area contributed by atoms with Crippen LogP contribution in [0.5, 0.6) is 5.75 Å². The van der Waals surface area contributed by atoms with Gasteiger partial charge in [-0.2, -0.15) is 0 Å². The fourth-order valence-electron chi connectivity index (χ4n) is 2.67. The third-order valence-electron chi connectivity index (χ3n) is 3.95. The first-order chi connectivity index (χ1) is 10.9. The summed E-state index contributed by atoms with van der Waals surface area (Å²) in [5.41, 5.74) is 0.246. The van der Waals surface area contributed by atoms with Gasteiger partial charge >= 0.3 is 6.03 Å². The van der Waals surface area contributed by atoms with Gasteiger partial charge in [-0.3, -0.25) is 9.69 Å². The van der Waals surface area contributed by atoms with Crippen molar-refractivity contribution >= 4 is 11.9 Å². The van der Waals surface area contributed by atoms with Gasteiger partial charge in [-0.15, -0.1) is 0 Å². The molecule has 2 rings (SSSR count). The number of carbonyl (C=O) groups is 2. The summed E-state index contributed by atoms with van der Waals surface area (Å²) in [4.78, 5) is 25.4. The monoisotopic (exact) mass is 320 g/mol. The number of hydrogen-bond acceptors (Lipinski definition) is 4. The van der Waals surface area contributed by atoms with Gasteiger partial charge in [0.05, 0.1) is 6.54 Å². The molecule has 0 bridgehead atoms. The summed E-state index contributed by atoms with van der Waals surface area (Å²) in [5, 5.41) is 12.8. The normalized spacial score (nSPS) is 22.2. The van der Waals surface area contributed by atoms with E-state index in [1.165, 1.54) is 0 Å². The minimum absolute atomic E-state index is 0.0185. The molecule has 2 atom stereocenters. The summed E-state index contributed by atoms with van der Waals surface area (Å²) in [6, 6.07) is 6.99. The van der Waals surface area contributed by atoms with Crippen LogP contribution in [0.25, 0.3) is 0 Å². The van der Waals surface area contributed by atoms with E-state index >= 15 is 0 Å². The second kappa shape index (κ2) is 7.00. The number of amides is 3. The molecular weight excluding hydrogens is 296 g/mol. The molecule has 6 nitrogen and oxygen atoms in total. The number of nitrogens with one attached hydrogen (secondary N) is 1. The average molecular weight is 320 g/mol. The summed E-state index contributed by atoms with van der Waals surface area (Å²) < 4.78 is 5.48. The molecule has 0 spiro atoms. The molecule has 0 aromatic heterocycles. The van der Waals surface area contributed by atoms with Crippen molar-refractivity contribution in [2.24, 2.45) is 0 Å². The molecule has 0 unspecified atom stereocenters. The van der Waals surface area contributed by atoms with Gasteiger partial charge in [0.25, 0.3) is 5.91 Å². The average Bonchev–Trinajstić information content (AvgIpc) is 2.70. The molecule has 2 N–H and O–H groups in total. The van der Waals surface area contributed by atoms with Gasteiger partial charge in [-0.05, 0) is 32.4 Å². The van der Waals surface area contributed by atoms with Gasteiger partial charge in [-0.1, -0.05) is 31.0 Å². The molecule has 0 radical (unpaired) electrons. The van der Waals surface area contributed by atoms with Crippen LogP contribution in [0.3, 0.4) is 0 Å². The Balaban J connectivity index is 1.89. The van der Waals surface area contributed by atoms with Crippen LogP contribution in [0.15, 0.2) is 24.3 Å². The van der Waals surface area contributed by atoms with Crippen LogP contribution in [-0.2, 0) is 4.79 Å². The molecule has 1 aliphatic rings. The maximum absolute atomic E-state index is 12.4. The molecule has 1 heterocycles. The molecule has 0 aliphatic carbocycles. The van der Waals surface area contributed by atoms with Gasteiger partial charge in [0.1, 0.15) is 24.0 Å². The molecule has 1 aromatic rings. The zero-order valence-corrected chi connectivity index (χ0v) is 13.8. The number of aryl methyl sites for hydroxylation is 1. The minimum Gasteiger partial charge on any atom is -0.491 e. The molecule has 0 saturated carbocycles. The van der Waals surface area contributed by atoms with E-state index in [0.717, 1.165) is 16.9 Å². The first kappa shape index (κ1) is 17.3. The SMILES string of the molecule is CCC[C@]1(C)NC(=O)N(C[C@@H](O)COc2ccc(C)cc2)C1=O. The fourth-order valence-corrected chi connectivity index (χ4v) is 2.67. The number of aliphatic hydroxyl groups is 1. The lowest BCUT2D eigenvalue weighted by molar-refractivity contribution is -0.132. The van der Waals surface area contributed by atoms with E-state index in [1.807, 2.05) is 38.1 Å². The van der Waals surface area contributed by atoms with E-state index < -0.39 is 17.7 Å². The third kappa shape index (κ3) is 4.01. The highest BCUT2D eigenvalue weighted by atomic mass is 16.5. The Kier molecular flexibility index (Phi) is 5.26. The van der Waals surface area contributed by atoms with Crippen LogP contribution in [0.2, 0.25) is 0 Å². The van der Waals surface area contributed by atoms with E-state index in [-0.39, 0.29) is 19.1 Å². The van der Waals surface area contributed by atoms with Crippen molar-refractivity contribution in [3.8, 4) is 5.75 Å². The second-order valence-electron chi connectivity index (χ2n) is 6.21. The zero-order valence-electron chi connectivity index (χ0n) is 13.8. The van der Waals surface area contributed by atoms with Gasteiger partial charge in [0.2, 0.25) is 0 Å². The van der Waals surface area contributed by atoms with E-state index in [0.29, 0.717) is 12.2 Å². The molecule has 3 amide bonds. The minimum atomic E-state index is -0.935. The number of aliphatic hydroxyl groups excluding tert-OH is 1. The van der Waals surface area contributed by atoms with E-state index in [4.69, 9.17) is 4.74 Å². The number of β-amino-alcohol motifs (C(OH)–C–C–N with tert-alkyl or cyclic N) is 1. The number of hydrogen-bond donors (Lipinski definition) is 2. The topological polar surface area (TPSA) is 78.9 Å². The number of rotatable bonds is 7. The van der Waals surface area contributed by atoms with E-state index in [9.17, 15) is 14.7 Å². The van der Waals surface area contributed by atoms with E-state index in [2.05, 4.69) is 5.32 Å². The Morgan fingerprint density at radius 3 is 2.57 bits per heavy atom. The Morgan fingerprint density at radius 1 is 1.30 bits per heavy atom. The predicted molar refractivity (Wildman–Crippen MR) is 86.2 cm³/mol. The highest BCUT2D eigenvalue weighted by molar-refractivity contribution is 6.06. The highest BCUT2D eigenvalue weighted by Gasteiger charge is 2.47.